The van der Waals surface area contributed by atoms with Gasteiger partial charge in [-0.05, 0) is 218 Å². The summed E-state index contributed by atoms with van der Waals surface area (Å²) in [5.41, 5.74) is -14.2. The zero-order valence-corrected chi connectivity index (χ0v) is 82.6. The van der Waals surface area contributed by atoms with Gasteiger partial charge in [-0.25, -0.2) is 53.3 Å². The largest absolute Gasteiger partial charge is 0.393 e. The number of nitrogens with one attached hydrogen (secondary N) is 4. The molecule has 0 saturated heterocycles. The molecule has 0 saturated carbocycles. The lowest BCUT2D eigenvalue weighted by Crippen LogP contribution is -2.48. The molecule has 1 aromatic heterocycles. The van der Waals surface area contributed by atoms with E-state index in [1.165, 1.54) is 146 Å². The summed E-state index contributed by atoms with van der Waals surface area (Å²) >= 11 is 65.5. The van der Waals surface area contributed by atoms with Crippen LogP contribution in [0.15, 0.2) is 225 Å². The van der Waals surface area contributed by atoms with Crippen LogP contribution in [0.1, 0.15) is 131 Å². The number of alkyl halides is 8. The Bertz CT molecular complexity index is 6940. The molecule has 25 nitrogen and oxygen atoms in total. The second-order valence-electron chi connectivity index (χ2n) is 33.1. The minimum absolute atomic E-state index is 0.00155. The van der Waals surface area contributed by atoms with E-state index >= 15 is 0 Å². The Balaban J connectivity index is 0.000000163. The second-order valence-corrected chi connectivity index (χ2v) is 37.8. The third-order valence-corrected chi connectivity index (χ3v) is 26.9. The second kappa shape index (κ2) is 44.8. The van der Waals surface area contributed by atoms with E-state index in [1.807, 2.05) is 0 Å². The maximum Gasteiger partial charge on any atom is 0.284 e. The lowest BCUT2D eigenvalue weighted by atomic mass is 9.86. The number of anilines is 8. The molecule has 4 aliphatic heterocycles. The minimum Gasteiger partial charge on any atom is -0.393 e. The van der Waals surface area contributed by atoms with Gasteiger partial charge in [0, 0.05) is 138 Å². The van der Waals surface area contributed by atoms with Gasteiger partial charge in [-0.1, -0.05) is 128 Å². The molecule has 4 aliphatic rings. The van der Waals surface area contributed by atoms with Crippen molar-refractivity contribution in [3.05, 3.63) is 364 Å². The van der Waals surface area contributed by atoms with Crippen molar-refractivity contribution in [3.63, 3.8) is 0 Å². The van der Waals surface area contributed by atoms with Gasteiger partial charge in [-0.3, -0.25) is 38.4 Å². The molecule has 12 N–H and O–H groups in total. The van der Waals surface area contributed by atoms with Gasteiger partial charge in [0.15, 0.2) is 22.4 Å². The number of hydrogen-bond donors (Lipinski definition) is 12. The maximum absolute atomic E-state index is 14.9. The molecule has 764 valence electrons. The summed E-state index contributed by atoms with van der Waals surface area (Å²) in [4.78, 5) is 111. The molecule has 8 amide bonds. The lowest BCUT2D eigenvalue weighted by Gasteiger charge is -2.33. The fourth-order valence-electron chi connectivity index (χ4n) is 15.9. The monoisotopic (exact) mass is 2240 g/mol. The van der Waals surface area contributed by atoms with Crippen LogP contribution in [0.3, 0.4) is 0 Å². The van der Waals surface area contributed by atoms with Crippen LogP contribution in [-0.4, -0.2) is 169 Å². The molecule has 146 heavy (non-hydrogen) atoms. The number of nitrogens with zero attached hydrogens (tertiary/aromatic N) is 5. The van der Waals surface area contributed by atoms with Gasteiger partial charge in [0.2, 0.25) is 0 Å². The Labute approximate surface area is 876 Å². The number of pyridine rings is 1. The van der Waals surface area contributed by atoms with Crippen molar-refractivity contribution >= 4 is 220 Å². The molecule has 0 bridgehead atoms. The van der Waals surface area contributed by atoms with Crippen molar-refractivity contribution in [2.24, 2.45) is 0 Å². The van der Waals surface area contributed by atoms with Crippen LogP contribution < -0.4 is 40.9 Å². The highest BCUT2D eigenvalue weighted by Crippen LogP contribution is 2.53. The van der Waals surface area contributed by atoms with E-state index in [1.54, 1.807) is 6.07 Å². The predicted molar refractivity (Wildman–Crippen MR) is 531 cm³/mol. The summed E-state index contributed by atoms with van der Waals surface area (Å²) in [6.45, 7) is -7.19. The van der Waals surface area contributed by atoms with Crippen LogP contribution in [0.4, 0.5) is 93.9 Å². The molecule has 16 rings (SSSR count). The number of amides is 8. The standard InChI is InChI=1S/C25H18Cl3F3N2O4.C25H19Cl3F2N2O4.C25H18Cl2F4N2O4.C24H18Cl3F2N3O4/c26-14-2-4-18(28)16(10-14)22(35)32-20-5-1-13(9-19(20)29)23(36)33-8-7-25(30,31)24(37,12-34)17-11-15(27)3-6-21(17)33;26-15-3-7-20(28)18(11-15)22(34)31-17-5-1-14(2-6-17)23(35)32-10-9-25(29,30)24(36,13-33)19-12-16(27)4-8-21(19)32;26-14-2-6-21-17(10-14)24(37,12-34)25(30,31)7-8-33(21)23(36)13-1-5-20(19(29)9-13)32-22(35)16-11-15(28)3-4-18(16)27;25-14-3-5-19-17(9-14)23(36,12-33)24(28,29)7-8-32(19)22(35)13-1-6-20(30-11-13)31-21(34)16-4-2-15(26)10-18(16)27/h1-6,9-11,34,37H,7-8,12H2,(H,32,35);1-8,11-12,33,36H,9-10,13H2,(H,31,34);1-6,9-11,34,37H,7-8,12H2,(H,32,35);1-6,9-11,33,36H,7-8,12H2,(H,30,31,34)/t3*24-;23-/m0000/s1. The van der Waals surface area contributed by atoms with Gasteiger partial charge in [0.25, 0.3) is 70.9 Å². The number of carbonyl (C=O) groups is 8. The van der Waals surface area contributed by atoms with E-state index < -0.39 is 200 Å². The number of carbonyl (C=O) groups excluding carboxylic acids is 8. The van der Waals surface area contributed by atoms with Crippen LogP contribution >= 0.6 is 128 Å². The van der Waals surface area contributed by atoms with E-state index in [4.69, 9.17) is 128 Å². The zero-order valence-electron chi connectivity index (χ0n) is 74.2. The Morgan fingerprint density at radius 1 is 0.295 bits per heavy atom. The van der Waals surface area contributed by atoms with Crippen molar-refractivity contribution < 1.29 is 128 Å². The summed E-state index contributed by atoms with van der Waals surface area (Å²) in [6.07, 6.45) is -2.62. The lowest BCUT2D eigenvalue weighted by molar-refractivity contribution is -0.205. The number of rotatable bonds is 16. The number of halogens is 22. The molecule has 47 heteroatoms. The van der Waals surface area contributed by atoms with Crippen molar-refractivity contribution in [1.29, 1.82) is 0 Å². The van der Waals surface area contributed by atoms with Gasteiger partial charge < -0.3 is 81.7 Å². The minimum atomic E-state index is -3.83. The fourth-order valence-corrected chi connectivity index (χ4v) is 18.1. The van der Waals surface area contributed by atoms with Crippen molar-refractivity contribution in [2.45, 2.75) is 71.8 Å². The van der Waals surface area contributed by atoms with Crippen LogP contribution in [0, 0.1) is 17.5 Å². The summed E-state index contributed by atoms with van der Waals surface area (Å²) < 4.78 is 162. The van der Waals surface area contributed by atoms with Gasteiger partial charge in [0.1, 0.15) is 23.3 Å². The van der Waals surface area contributed by atoms with Gasteiger partial charge in [0.05, 0.1) is 108 Å². The molecule has 5 heterocycles. The molecular weight excluding hydrogens is 2170 g/mol. The number of hydrogen-bond acceptors (Lipinski definition) is 17. The van der Waals surface area contributed by atoms with Gasteiger partial charge in [-0.2, -0.15) is 0 Å². The Morgan fingerprint density at radius 3 is 0.918 bits per heavy atom. The van der Waals surface area contributed by atoms with Crippen LogP contribution in [0.25, 0.3) is 0 Å². The highest BCUT2D eigenvalue weighted by molar-refractivity contribution is 6.39. The number of aliphatic hydroxyl groups is 8. The topological polar surface area (TPSA) is 372 Å². The Kier molecular flexibility index (Phi) is 34.3. The van der Waals surface area contributed by atoms with E-state index in [-0.39, 0.29) is 141 Å². The first kappa shape index (κ1) is 112. The SMILES string of the molecule is O=C(Nc1ccc(C(=O)N2CCC(F)(F)[C@](O)(CO)c3cc(Cl)ccc32)cc1)c1cc(Cl)ccc1Cl.O=C(Nc1ccc(C(=O)N2CCC(F)(F)[C@](O)(CO)c3cc(Cl)ccc32)cc1F)c1cc(Cl)ccc1Cl.O=C(Nc1ccc(C(=O)N2CCC(F)(F)[C@](O)(CO)c3cc(Cl)ccc32)cc1F)c1cc(F)ccc1Cl.O=C(Nc1ccc(C(=O)N2CCC(F)(F)[C@](O)(CO)c3cc(Cl)ccc32)cn1)c1ccc(Cl)cc1Cl. The third-order valence-electron chi connectivity index (χ3n) is 24.0. The highest BCUT2D eigenvalue weighted by Gasteiger charge is 2.61. The normalized spacial score (nSPS) is 18.7. The quantitative estimate of drug-likeness (QED) is 0.0400. The van der Waals surface area contributed by atoms with Crippen LogP contribution in [0.2, 0.25) is 55.2 Å². The van der Waals surface area contributed by atoms with Gasteiger partial charge >= 0.3 is 0 Å². The fraction of sp³-hybridized carbons (Fsp3) is 0.202. The first-order chi connectivity index (χ1) is 68.7. The molecule has 12 aromatic rings. The molecule has 0 fully saturated rings. The van der Waals surface area contributed by atoms with Crippen LogP contribution in [0.5, 0.6) is 0 Å². The van der Waals surface area contributed by atoms with Crippen molar-refractivity contribution in [3.8, 4) is 0 Å². The molecule has 0 aliphatic carbocycles. The number of aliphatic hydroxyl groups excluding tert-OH is 4. The third kappa shape index (κ3) is 23.1. The number of aromatic nitrogens is 1. The van der Waals surface area contributed by atoms with E-state index in [0.29, 0.717) is 15.7 Å². The molecular formula is C99H73Cl11F11N9O16. The van der Waals surface area contributed by atoms with Crippen molar-refractivity contribution in [2.75, 3.05) is 93.5 Å². The van der Waals surface area contributed by atoms with E-state index in [0.717, 1.165) is 92.4 Å². The molecule has 11 aromatic carbocycles. The summed E-state index contributed by atoms with van der Waals surface area (Å²) in [5, 5.41) is 92.7. The predicted octanol–water partition coefficient (Wildman–Crippen LogP) is 22.2. The smallest absolute Gasteiger partial charge is 0.284 e. The average Bonchev–Trinajstić information content (AvgIpc) is 1.61. The molecule has 0 spiro atoms. The summed E-state index contributed by atoms with van der Waals surface area (Å²) in [5.74, 6) is -23.4. The van der Waals surface area contributed by atoms with E-state index in [9.17, 15) is 128 Å². The highest BCUT2D eigenvalue weighted by atomic mass is 35.5. The average molecular weight is 2240 g/mol. The first-order valence-electron chi connectivity index (χ1n) is 42.7. The number of benzene rings is 11. The summed E-state index contributed by atoms with van der Waals surface area (Å²) in [6, 6.07) is 45.8. The molecule has 0 radical (unpaired) electrons. The number of fused-ring (bicyclic) bond motifs is 4. The summed E-state index contributed by atoms with van der Waals surface area (Å²) in [7, 11) is 0. The van der Waals surface area contributed by atoms with Crippen LogP contribution in [-0.2, 0) is 22.4 Å². The Hall–Kier alpha value is -11.6. The maximum atomic E-state index is 14.9. The van der Waals surface area contributed by atoms with E-state index in [2.05, 4.69) is 26.3 Å². The molecule has 4 atom stereocenters. The Morgan fingerprint density at radius 2 is 0.582 bits per heavy atom. The van der Waals surface area contributed by atoms with Crippen molar-refractivity contribution in [1.82, 2.24) is 4.98 Å². The molecule has 0 unspecified atom stereocenters. The first-order valence-corrected chi connectivity index (χ1v) is 46.9. The zero-order chi connectivity index (χ0) is 107. The van der Waals surface area contributed by atoms with Gasteiger partial charge in [-0.15, -0.1) is 0 Å².